The van der Waals surface area contributed by atoms with Crippen molar-refractivity contribution in [1.82, 2.24) is 0 Å². The number of aromatic carboxylic acids is 1. The zero-order valence-electron chi connectivity index (χ0n) is 16.0. The third-order valence-electron chi connectivity index (χ3n) is 5.70. The van der Waals surface area contributed by atoms with Crippen LogP contribution in [0, 0.1) is 0 Å². The van der Waals surface area contributed by atoms with Crippen LogP contribution in [0.1, 0.15) is 73.1 Å². The van der Waals surface area contributed by atoms with E-state index in [0.717, 1.165) is 22.9 Å². The van der Waals surface area contributed by atoms with Crippen LogP contribution in [0.4, 0.5) is 0 Å². The van der Waals surface area contributed by atoms with Crippen LogP contribution in [0.25, 0.3) is 0 Å². The molecule has 0 amide bonds. The first kappa shape index (κ1) is 19.6. The minimum atomic E-state index is -0.983. The van der Waals surface area contributed by atoms with Gasteiger partial charge in [0.1, 0.15) is 5.71 Å². The second kappa shape index (κ2) is 6.79. The summed E-state index contributed by atoms with van der Waals surface area (Å²) in [6, 6.07) is 10.6. The van der Waals surface area contributed by atoms with Gasteiger partial charge in [-0.05, 0) is 59.1 Å². The zero-order valence-corrected chi connectivity index (χ0v) is 17.6. The zero-order chi connectivity index (χ0) is 20.0. The second-order valence-electron chi connectivity index (χ2n) is 8.48. The van der Waals surface area contributed by atoms with E-state index in [1.165, 1.54) is 23.3 Å². The summed E-state index contributed by atoms with van der Waals surface area (Å²) in [5.74, 6) is -0.983. The van der Waals surface area contributed by atoms with Gasteiger partial charge in [0, 0.05) is 15.6 Å². The van der Waals surface area contributed by atoms with E-state index in [1.54, 1.807) is 12.1 Å². The summed E-state index contributed by atoms with van der Waals surface area (Å²) < 4.78 is 0.863. The van der Waals surface area contributed by atoms with E-state index >= 15 is 0 Å². The van der Waals surface area contributed by atoms with Gasteiger partial charge in [-0.2, -0.15) is 0 Å². The summed E-state index contributed by atoms with van der Waals surface area (Å²) >= 11 is 3.65. The SMILES string of the molecule is CC1(C)CCC(C)(C)c2cc(/C(=N\O)c3ccc(C(=O)O)cc3)c(Br)cc21. The highest BCUT2D eigenvalue weighted by Crippen LogP contribution is 2.47. The first-order chi connectivity index (χ1) is 12.6. The van der Waals surface area contributed by atoms with Crippen LogP contribution in [0.2, 0.25) is 0 Å². The van der Waals surface area contributed by atoms with Crippen LogP contribution in [-0.4, -0.2) is 22.0 Å². The van der Waals surface area contributed by atoms with E-state index in [-0.39, 0.29) is 16.4 Å². The van der Waals surface area contributed by atoms with E-state index in [2.05, 4.69) is 60.9 Å². The van der Waals surface area contributed by atoms with Crippen molar-refractivity contribution in [3.05, 3.63) is 68.7 Å². The van der Waals surface area contributed by atoms with Crippen molar-refractivity contribution in [2.24, 2.45) is 5.16 Å². The maximum absolute atomic E-state index is 11.1. The van der Waals surface area contributed by atoms with Gasteiger partial charge in [0.25, 0.3) is 0 Å². The molecule has 2 aromatic carbocycles. The van der Waals surface area contributed by atoms with Gasteiger partial charge in [0.2, 0.25) is 0 Å². The topological polar surface area (TPSA) is 69.9 Å². The number of rotatable bonds is 3. The third-order valence-corrected chi connectivity index (χ3v) is 6.36. The van der Waals surface area contributed by atoms with Gasteiger partial charge in [-0.3, -0.25) is 0 Å². The molecule has 0 aromatic heterocycles. The molecule has 1 aliphatic rings. The lowest BCUT2D eigenvalue weighted by molar-refractivity contribution is 0.0697. The molecule has 5 heteroatoms. The molecule has 142 valence electrons. The molecular weight excluding hydrogens is 406 g/mol. The fourth-order valence-corrected chi connectivity index (χ4v) is 4.34. The lowest BCUT2D eigenvalue weighted by Crippen LogP contribution is -2.34. The molecule has 3 rings (SSSR count). The van der Waals surface area contributed by atoms with Crippen LogP contribution < -0.4 is 0 Å². The smallest absolute Gasteiger partial charge is 0.335 e. The second-order valence-corrected chi connectivity index (χ2v) is 9.33. The number of nitrogens with zero attached hydrogens (tertiary/aromatic N) is 1. The Morgan fingerprint density at radius 2 is 1.44 bits per heavy atom. The highest BCUT2D eigenvalue weighted by Gasteiger charge is 2.38. The molecule has 0 aliphatic heterocycles. The predicted octanol–water partition coefficient (Wildman–Crippen LogP) is 5.72. The minimum Gasteiger partial charge on any atom is -0.478 e. The Morgan fingerprint density at radius 1 is 0.963 bits per heavy atom. The molecule has 0 radical (unpaired) electrons. The van der Waals surface area contributed by atoms with E-state index in [9.17, 15) is 10.0 Å². The Balaban J connectivity index is 2.15. The maximum atomic E-state index is 11.1. The third kappa shape index (κ3) is 3.53. The fourth-order valence-electron chi connectivity index (χ4n) is 3.81. The lowest BCUT2D eigenvalue weighted by atomic mass is 9.63. The molecule has 1 aliphatic carbocycles. The molecule has 0 bridgehead atoms. The van der Waals surface area contributed by atoms with Gasteiger partial charge in [0.15, 0.2) is 0 Å². The number of carbonyl (C=O) groups is 1. The van der Waals surface area contributed by atoms with Crippen molar-refractivity contribution < 1.29 is 15.1 Å². The van der Waals surface area contributed by atoms with Gasteiger partial charge < -0.3 is 10.3 Å². The highest BCUT2D eigenvalue weighted by molar-refractivity contribution is 9.10. The summed E-state index contributed by atoms with van der Waals surface area (Å²) in [6.45, 7) is 9.02. The number of carboxylic acids is 1. The summed E-state index contributed by atoms with van der Waals surface area (Å²) in [5, 5.41) is 22.3. The van der Waals surface area contributed by atoms with Crippen molar-refractivity contribution in [3.8, 4) is 0 Å². The Kier molecular flexibility index (Phi) is 4.93. The van der Waals surface area contributed by atoms with Crippen LogP contribution in [0.15, 0.2) is 46.0 Å². The average Bonchev–Trinajstić information content (AvgIpc) is 2.61. The maximum Gasteiger partial charge on any atom is 0.335 e. The monoisotopic (exact) mass is 429 g/mol. The summed E-state index contributed by atoms with van der Waals surface area (Å²) in [5.41, 5.74) is 4.78. The normalized spacial score (nSPS) is 18.0. The molecule has 2 N–H and O–H groups in total. The number of oxime groups is 1. The Labute approximate surface area is 168 Å². The summed E-state index contributed by atoms with van der Waals surface area (Å²) in [4.78, 5) is 11.1. The van der Waals surface area contributed by atoms with Crippen LogP contribution in [-0.2, 0) is 10.8 Å². The Hall–Kier alpha value is -2.14. The lowest BCUT2D eigenvalue weighted by Gasteiger charge is -2.42. The summed E-state index contributed by atoms with van der Waals surface area (Å²) in [6.07, 6.45) is 2.21. The van der Waals surface area contributed by atoms with Crippen LogP contribution in [0.5, 0.6) is 0 Å². The molecule has 0 unspecified atom stereocenters. The quantitative estimate of drug-likeness (QED) is 0.372. The van der Waals surface area contributed by atoms with Crippen LogP contribution in [0.3, 0.4) is 0 Å². The molecule has 0 spiro atoms. The van der Waals surface area contributed by atoms with Gasteiger partial charge in [-0.15, -0.1) is 0 Å². The van der Waals surface area contributed by atoms with E-state index in [4.69, 9.17) is 5.11 Å². The molecule has 27 heavy (non-hydrogen) atoms. The first-order valence-electron chi connectivity index (χ1n) is 8.97. The van der Waals surface area contributed by atoms with Gasteiger partial charge >= 0.3 is 5.97 Å². The Morgan fingerprint density at radius 3 is 1.93 bits per heavy atom. The van der Waals surface area contributed by atoms with Crippen LogP contribution >= 0.6 is 15.9 Å². The van der Waals surface area contributed by atoms with Gasteiger partial charge in [-0.1, -0.05) is 60.9 Å². The number of benzene rings is 2. The number of hydrogen-bond donors (Lipinski definition) is 2. The molecule has 4 nitrogen and oxygen atoms in total. The number of hydrogen-bond acceptors (Lipinski definition) is 3. The molecule has 0 heterocycles. The fraction of sp³-hybridized carbons (Fsp3) is 0.364. The predicted molar refractivity (Wildman–Crippen MR) is 110 cm³/mol. The van der Waals surface area contributed by atoms with E-state index in [0.29, 0.717) is 11.3 Å². The van der Waals surface area contributed by atoms with Crippen molar-refractivity contribution in [2.45, 2.75) is 51.4 Å². The average molecular weight is 430 g/mol. The molecule has 0 saturated heterocycles. The minimum absolute atomic E-state index is 0.0357. The van der Waals surface area contributed by atoms with Gasteiger partial charge in [-0.25, -0.2) is 4.79 Å². The molecular formula is C22H24BrNO3. The number of halogens is 1. The number of fused-ring (bicyclic) bond motifs is 1. The molecule has 0 saturated carbocycles. The highest BCUT2D eigenvalue weighted by atomic mass is 79.9. The first-order valence-corrected chi connectivity index (χ1v) is 9.77. The van der Waals surface area contributed by atoms with E-state index < -0.39 is 5.97 Å². The van der Waals surface area contributed by atoms with Crippen molar-refractivity contribution >= 4 is 27.6 Å². The van der Waals surface area contributed by atoms with Crippen molar-refractivity contribution in [3.63, 3.8) is 0 Å². The Bertz CT molecular complexity index is 927. The number of carboxylic acid groups (broad SMARTS) is 1. The summed E-state index contributed by atoms with van der Waals surface area (Å²) in [7, 11) is 0. The van der Waals surface area contributed by atoms with Gasteiger partial charge in [0.05, 0.1) is 5.56 Å². The van der Waals surface area contributed by atoms with Crippen molar-refractivity contribution in [2.75, 3.05) is 0 Å². The molecule has 0 fully saturated rings. The molecule has 0 atom stereocenters. The van der Waals surface area contributed by atoms with Crippen molar-refractivity contribution in [1.29, 1.82) is 0 Å². The molecule has 2 aromatic rings. The van der Waals surface area contributed by atoms with E-state index in [1.807, 2.05) is 0 Å². The standard InChI is InChI=1S/C22H24BrNO3/c1-21(2)9-10-22(3,4)17-12-18(23)15(11-16(17)21)19(24-27)13-5-7-14(8-6-13)20(25)26/h5-8,11-12,27H,9-10H2,1-4H3,(H,25,26)/b24-19-. The largest absolute Gasteiger partial charge is 0.478 e.